The zero-order valence-corrected chi connectivity index (χ0v) is 22.8. The van der Waals surface area contributed by atoms with E-state index in [1.54, 1.807) is 0 Å². The van der Waals surface area contributed by atoms with Gasteiger partial charge in [-0.25, -0.2) is 9.78 Å². The van der Waals surface area contributed by atoms with Gasteiger partial charge in [0.05, 0.1) is 16.0 Å². The molecule has 7 nitrogen and oxygen atoms in total. The Morgan fingerprint density at radius 2 is 1.97 bits per heavy atom. The second kappa shape index (κ2) is 11.3. The molecule has 2 aliphatic carbocycles. The van der Waals surface area contributed by atoms with Crippen LogP contribution in [0.3, 0.4) is 0 Å². The molecule has 0 bridgehead atoms. The number of amides is 1. The number of thiazole rings is 1. The number of hydrogen-bond acceptors (Lipinski definition) is 7. The molecule has 5 rings (SSSR count). The van der Waals surface area contributed by atoms with Crippen molar-refractivity contribution in [3.8, 4) is 10.4 Å². The lowest BCUT2D eigenvalue weighted by Gasteiger charge is -2.28. The third kappa shape index (κ3) is 6.24. The summed E-state index contributed by atoms with van der Waals surface area (Å²) in [6, 6.07) is 8.82. The van der Waals surface area contributed by atoms with Crippen LogP contribution in [0.5, 0.6) is 0 Å². The highest BCUT2D eigenvalue weighted by molar-refractivity contribution is 8.00. The van der Waals surface area contributed by atoms with Crippen molar-refractivity contribution in [2.24, 2.45) is 0 Å². The van der Waals surface area contributed by atoms with Crippen LogP contribution in [0.1, 0.15) is 75.4 Å². The average Bonchev–Trinajstić information content (AvgIpc) is 3.46. The van der Waals surface area contributed by atoms with Gasteiger partial charge in [-0.15, -0.1) is 23.1 Å². The van der Waals surface area contributed by atoms with Gasteiger partial charge < -0.3 is 15.4 Å². The SMILES string of the molecule is Cc1cc(Nc2ccc(-c3cnc(C4CCC(NC(=O)OC(C)C)CC4)s3)c(SC3CCC3)c2)n[nH]1. The van der Waals surface area contributed by atoms with E-state index in [9.17, 15) is 4.79 Å². The molecule has 9 heteroatoms. The first-order chi connectivity index (χ1) is 17.4. The van der Waals surface area contributed by atoms with Crippen LogP contribution in [0.2, 0.25) is 0 Å². The van der Waals surface area contributed by atoms with Crippen molar-refractivity contribution in [1.82, 2.24) is 20.5 Å². The Balaban J connectivity index is 1.27. The zero-order valence-electron chi connectivity index (χ0n) is 21.2. The van der Waals surface area contributed by atoms with E-state index in [4.69, 9.17) is 9.72 Å². The number of aromatic nitrogens is 3. The molecule has 0 saturated heterocycles. The van der Waals surface area contributed by atoms with E-state index in [-0.39, 0.29) is 18.2 Å². The van der Waals surface area contributed by atoms with E-state index < -0.39 is 0 Å². The summed E-state index contributed by atoms with van der Waals surface area (Å²) in [5.74, 6) is 1.29. The number of nitrogens with one attached hydrogen (secondary N) is 3. The normalized spacial score (nSPS) is 20.2. The van der Waals surface area contributed by atoms with Crippen molar-refractivity contribution in [2.45, 2.75) is 93.9 Å². The molecule has 0 atom stereocenters. The standard InChI is InChI=1S/C27H35N5O2S2/c1-16(2)34-27(33)30-19-9-7-18(8-10-19)26-28-15-24(36-26)22-12-11-20(29-25-13-17(3)31-32-25)14-23(22)35-21-5-4-6-21/h11-16,18-19,21H,4-10H2,1-3H3,(H,30,33)(H2,29,31,32). The van der Waals surface area contributed by atoms with Crippen molar-refractivity contribution < 1.29 is 9.53 Å². The minimum Gasteiger partial charge on any atom is -0.447 e. The van der Waals surface area contributed by atoms with Crippen molar-refractivity contribution in [1.29, 1.82) is 0 Å². The highest BCUT2D eigenvalue weighted by Gasteiger charge is 2.27. The maximum Gasteiger partial charge on any atom is 0.407 e. The number of anilines is 2. The van der Waals surface area contributed by atoms with Crippen LogP contribution >= 0.6 is 23.1 Å². The van der Waals surface area contributed by atoms with E-state index in [0.29, 0.717) is 11.2 Å². The van der Waals surface area contributed by atoms with Crippen molar-refractivity contribution >= 4 is 40.7 Å². The largest absolute Gasteiger partial charge is 0.447 e. The van der Waals surface area contributed by atoms with Crippen LogP contribution in [0, 0.1) is 6.92 Å². The summed E-state index contributed by atoms with van der Waals surface area (Å²) in [6.07, 6.45) is 9.55. The first-order valence-corrected chi connectivity index (χ1v) is 14.7. The molecule has 1 aromatic carbocycles. The van der Waals surface area contributed by atoms with Gasteiger partial charge in [0.1, 0.15) is 0 Å². The smallest absolute Gasteiger partial charge is 0.407 e. The molecule has 0 aliphatic heterocycles. The highest BCUT2D eigenvalue weighted by Crippen LogP contribution is 2.45. The number of rotatable bonds is 8. The fourth-order valence-electron chi connectivity index (χ4n) is 4.70. The Morgan fingerprint density at radius 1 is 1.17 bits per heavy atom. The van der Waals surface area contributed by atoms with E-state index >= 15 is 0 Å². The maximum atomic E-state index is 11.9. The van der Waals surface area contributed by atoms with Gasteiger partial charge in [0.2, 0.25) is 0 Å². The van der Waals surface area contributed by atoms with Crippen LogP contribution in [0.25, 0.3) is 10.4 Å². The number of aromatic amines is 1. The molecule has 0 radical (unpaired) electrons. The fourth-order valence-corrected chi connectivity index (χ4v) is 7.32. The summed E-state index contributed by atoms with van der Waals surface area (Å²) >= 11 is 3.82. The van der Waals surface area contributed by atoms with Crippen molar-refractivity contribution in [2.75, 3.05) is 5.32 Å². The summed E-state index contributed by atoms with van der Waals surface area (Å²) in [5.41, 5.74) is 3.36. The number of benzene rings is 1. The summed E-state index contributed by atoms with van der Waals surface area (Å²) in [6.45, 7) is 5.75. The number of H-pyrrole nitrogens is 1. The van der Waals surface area contributed by atoms with Gasteiger partial charge in [0.25, 0.3) is 0 Å². The number of carbonyl (C=O) groups is 1. The van der Waals surface area contributed by atoms with Gasteiger partial charge >= 0.3 is 6.09 Å². The van der Waals surface area contributed by atoms with Crippen LogP contribution < -0.4 is 10.6 Å². The Morgan fingerprint density at radius 3 is 2.64 bits per heavy atom. The number of aryl methyl sites for hydroxylation is 1. The second-order valence-corrected chi connectivity index (χ2v) is 12.6. The Labute approximate surface area is 221 Å². The lowest BCUT2D eigenvalue weighted by molar-refractivity contribution is 0.109. The summed E-state index contributed by atoms with van der Waals surface area (Å²) < 4.78 is 5.24. The predicted molar refractivity (Wildman–Crippen MR) is 147 cm³/mol. The molecule has 0 spiro atoms. The summed E-state index contributed by atoms with van der Waals surface area (Å²) in [4.78, 5) is 19.3. The molecule has 36 heavy (non-hydrogen) atoms. The van der Waals surface area contributed by atoms with Gasteiger partial charge in [-0.05, 0) is 71.4 Å². The number of hydrogen-bond donors (Lipinski definition) is 3. The first kappa shape index (κ1) is 25.1. The van der Waals surface area contributed by atoms with Gasteiger partial charge in [0.15, 0.2) is 5.82 Å². The zero-order chi connectivity index (χ0) is 25.1. The molecular weight excluding hydrogens is 490 g/mol. The summed E-state index contributed by atoms with van der Waals surface area (Å²) in [5, 5.41) is 15.7. The number of nitrogens with zero attached hydrogens (tertiary/aromatic N) is 2. The third-order valence-corrected chi connectivity index (χ3v) is 9.43. The molecule has 3 aromatic rings. The van der Waals surface area contributed by atoms with Crippen LogP contribution in [-0.2, 0) is 4.74 Å². The molecule has 1 amide bonds. The van der Waals surface area contributed by atoms with Gasteiger partial charge in [0, 0.05) is 51.3 Å². The lowest BCUT2D eigenvalue weighted by atomic mass is 9.86. The van der Waals surface area contributed by atoms with Crippen LogP contribution in [0.4, 0.5) is 16.3 Å². The molecule has 2 aliphatic rings. The Hall–Kier alpha value is -2.52. The van der Waals surface area contributed by atoms with Gasteiger partial charge in [-0.1, -0.05) is 12.5 Å². The molecule has 0 unspecified atom stereocenters. The number of thioether (sulfide) groups is 1. The highest BCUT2D eigenvalue weighted by atomic mass is 32.2. The minimum atomic E-state index is -0.304. The first-order valence-electron chi connectivity index (χ1n) is 13.0. The Kier molecular flexibility index (Phi) is 7.86. The predicted octanol–water partition coefficient (Wildman–Crippen LogP) is 7.39. The summed E-state index contributed by atoms with van der Waals surface area (Å²) in [7, 11) is 0. The molecule has 2 aromatic heterocycles. The lowest BCUT2D eigenvalue weighted by Crippen LogP contribution is -2.38. The maximum absolute atomic E-state index is 11.9. The van der Waals surface area contributed by atoms with Crippen molar-refractivity contribution in [3.63, 3.8) is 0 Å². The van der Waals surface area contributed by atoms with Crippen LogP contribution in [-0.4, -0.2) is 38.7 Å². The van der Waals surface area contributed by atoms with E-state index in [2.05, 4.69) is 45.2 Å². The number of ether oxygens (including phenoxy) is 1. The fraction of sp³-hybridized carbons (Fsp3) is 0.519. The average molecular weight is 526 g/mol. The number of carbonyl (C=O) groups excluding carboxylic acids is 1. The van der Waals surface area contributed by atoms with E-state index in [1.807, 2.05) is 49.9 Å². The quantitative estimate of drug-likeness (QED) is 0.284. The molecule has 2 fully saturated rings. The second-order valence-electron chi connectivity index (χ2n) is 10.2. The number of alkyl carbamates (subject to hydrolysis) is 1. The molecule has 192 valence electrons. The van der Waals surface area contributed by atoms with Gasteiger partial charge in [-0.3, -0.25) is 5.10 Å². The van der Waals surface area contributed by atoms with Crippen molar-refractivity contribution in [3.05, 3.63) is 41.2 Å². The van der Waals surface area contributed by atoms with Crippen LogP contribution in [0.15, 0.2) is 35.4 Å². The van der Waals surface area contributed by atoms with E-state index in [1.165, 1.54) is 39.6 Å². The van der Waals surface area contributed by atoms with Gasteiger partial charge in [-0.2, -0.15) is 5.10 Å². The van der Waals surface area contributed by atoms with E-state index in [0.717, 1.165) is 42.9 Å². The topological polar surface area (TPSA) is 91.9 Å². The molecule has 3 N–H and O–H groups in total. The molecule has 2 heterocycles. The Bertz CT molecular complexity index is 1180. The molecular formula is C27H35N5O2S2. The minimum absolute atomic E-state index is 0.0956. The monoisotopic (exact) mass is 525 g/mol. The molecule has 2 saturated carbocycles. The third-order valence-electron chi connectivity index (χ3n) is 6.84.